The standard InChI is InChI=1S/C16H19N5O2/c1-4-13-18-16-19-15(23)12(21(16)20-13)8-14(22)17-11-7-9(2)5-6-10(11)3/h5-7,12H,4,8H2,1-3H3,(H,17,22)(H,18,19,20,23)/t12-/m0/s1. The van der Waals surface area contributed by atoms with Crippen molar-refractivity contribution in [3.05, 3.63) is 35.2 Å². The van der Waals surface area contributed by atoms with E-state index in [4.69, 9.17) is 0 Å². The second-order valence-corrected chi connectivity index (χ2v) is 5.73. The lowest BCUT2D eigenvalue weighted by molar-refractivity contribution is -0.123. The maximum absolute atomic E-state index is 12.3. The van der Waals surface area contributed by atoms with Crippen LogP contribution >= 0.6 is 0 Å². The number of aryl methyl sites for hydroxylation is 3. The Kier molecular flexibility index (Phi) is 3.85. The van der Waals surface area contributed by atoms with Gasteiger partial charge in [0.05, 0.1) is 6.42 Å². The summed E-state index contributed by atoms with van der Waals surface area (Å²) in [4.78, 5) is 28.5. The highest BCUT2D eigenvalue weighted by molar-refractivity contribution is 6.01. The summed E-state index contributed by atoms with van der Waals surface area (Å²) in [5.41, 5.74) is 2.81. The summed E-state index contributed by atoms with van der Waals surface area (Å²) in [5, 5.41) is 9.81. The number of hydrogen-bond acceptors (Lipinski definition) is 4. The van der Waals surface area contributed by atoms with Crippen LogP contribution in [-0.2, 0) is 16.0 Å². The molecule has 2 aromatic rings. The van der Waals surface area contributed by atoms with E-state index >= 15 is 0 Å². The lowest BCUT2D eigenvalue weighted by atomic mass is 10.1. The van der Waals surface area contributed by atoms with E-state index in [1.165, 1.54) is 4.68 Å². The lowest BCUT2D eigenvalue weighted by Crippen LogP contribution is -2.24. The minimum atomic E-state index is -0.650. The fourth-order valence-corrected chi connectivity index (χ4v) is 2.55. The molecule has 2 heterocycles. The summed E-state index contributed by atoms with van der Waals surface area (Å²) < 4.78 is 1.50. The van der Waals surface area contributed by atoms with Gasteiger partial charge in [-0.25, -0.2) is 4.68 Å². The summed E-state index contributed by atoms with van der Waals surface area (Å²) in [6.45, 7) is 5.84. The van der Waals surface area contributed by atoms with Gasteiger partial charge in [-0.2, -0.15) is 10.1 Å². The number of amides is 2. The van der Waals surface area contributed by atoms with Gasteiger partial charge in [0.2, 0.25) is 11.9 Å². The molecule has 0 bridgehead atoms. The monoisotopic (exact) mass is 313 g/mol. The number of rotatable bonds is 4. The largest absolute Gasteiger partial charge is 0.326 e. The van der Waals surface area contributed by atoms with Crippen LogP contribution in [0.25, 0.3) is 0 Å². The number of fused-ring (bicyclic) bond motifs is 1. The molecule has 0 aliphatic carbocycles. The summed E-state index contributed by atoms with van der Waals surface area (Å²) in [5.74, 6) is 0.593. The van der Waals surface area contributed by atoms with Gasteiger partial charge in [-0.15, -0.1) is 0 Å². The Morgan fingerprint density at radius 2 is 2.17 bits per heavy atom. The van der Waals surface area contributed by atoms with Crippen LogP contribution in [0.1, 0.15) is 36.3 Å². The first-order valence-corrected chi connectivity index (χ1v) is 7.61. The van der Waals surface area contributed by atoms with Crippen molar-refractivity contribution in [2.24, 2.45) is 0 Å². The topological polar surface area (TPSA) is 88.9 Å². The third-order valence-corrected chi connectivity index (χ3v) is 3.87. The van der Waals surface area contributed by atoms with Crippen molar-refractivity contribution in [1.82, 2.24) is 14.8 Å². The molecule has 0 fully saturated rings. The number of nitrogens with one attached hydrogen (secondary N) is 2. The average molecular weight is 313 g/mol. The van der Waals surface area contributed by atoms with Gasteiger partial charge in [0, 0.05) is 12.1 Å². The molecule has 3 rings (SSSR count). The van der Waals surface area contributed by atoms with Crippen molar-refractivity contribution in [3.63, 3.8) is 0 Å². The van der Waals surface area contributed by atoms with Crippen molar-refractivity contribution < 1.29 is 9.59 Å². The smallest absolute Gasteiger partial charge is 0.252 e. The number of aromatic nitrogens is 3. The van der Waals surface area contributed by atoms with Gasteiger partial charge in [0.15, 0.2) is 5.82 Å². The Hall–Kier alpha value is -2.70. The SMILES string of the molecule is CCc1nc2n(n1)[C@@H](CC(=O)Nc1cc(C)ccc1C)C(=O)N2. The summed E-state index contributed by atoms with van der Waals surface area (Å²) >= 11 is 0. The third kappa shape index (κ3) is 2.94. The highest BCUT2D eigenvalue weighted by Gasteiger charge is 2.34. The van der Waals surface area contributed by atoms with E-state index in [2.05, 4.69) is 20.7 Å². The number of nitrogens with zero attached hydrogens (tertiary/aromatic N) is 3. The molecule has 0 spiro atoms. The Morgan fingerprint density at radius 3 is 2.91 bits per heavy atom. The second-order valence-electron chi connectivity index (χ2n) is 5.73. The minimum absolute atomic E-state index is 0.0265. The molecule has 120 valence electrons. The molecule has 7 heteroatoms. The van der Waals surface area contributed by atoms with Gasteiger partial charge >= 0.3 is 0 Å². The van der Waals surface area contributed by atoms with E-state index in [9.17, 15) is 9.59 Å². The molecule has 1 aromatic heterocycles. The number of hydrogen-bond donors (Lipinski definition) is 2. The van der Waals surface area contributed by atoms with E-state index in [1.807, 2.05) is 39.0 Å². The van der Waals surface area contributed by atoms with Crippen LogP contribution in [0.4, 0.5) is 11.6 Å². The first kappa shape index (κ1) is 15.2. The Balaban J connectivity index is 1.74. The second kappa shape index (κ2) is 5.83. The van der Waals surface area contributed by atoms with Gasteiger partial charge in [-0.3, -0.25) is 14.9 Å². The quantitative estimate of drug-likeness (QED) is 0.903. The van der Waals surface area contributed by atoms with Crippen molar-refractivity contribution in [2.75, 3.05) is 10.6 Å². The molecule has 1 aromatic carbocycles. The number of benzene rings is 1. The van der Waals surface area contributed by atoms with Crippen molar-refractivity contribution in [1.29, 1.82) is 0 Å². The fraction of sp³-hybridized carbons (Fsp3) is 0.375. The number of anilines is 2. The zero-order chi connectivity index (χ0) is 16.6. The predicted molar refractivity (Wildman–Crippen MR) is 86.2 cm³/mol. The van der Waals surface area contributed by atoms with Gasteiger partial charge in [0.1, 0.15) is 6.04 Å². The van der Waals surface area contributed by atoms with E-state index in [1.54, 1.807) is 0 Å². The van der Waals surface area contributed by atoms with E-state index in [-0.39, 0.29) is 18.2 Å². The highest BCUT2D eigenvalue weighted by atomic mass is 16.2. The van der Waals surface area contributed by atoms with Crippen LogP contribution in [-0.4, -0.2) is 26.6 Å². The fourth-order valence-electron chi connectivity index (χ4n) is 2.55. The maximum atomic E-state index is 12.3. The molecule has 0 saturated carbocycles. The Bertz CT molecular complexity index is 781. The van der Waals surface area contributed by atoms with Crippen LogP contribution in [0.5, 0.6) is 0 Å². The molecule has 1 aliphatic rings. The van der Waals surface area contributed by atoms with Crippen molar-refractivity contribution >= 4 is 23.5 Å². The van der Waals surface area contributed by atoms with E-state index in [0.717, 1.165) is 16.8 Å². The summed E-state index contributed by atoms with van der Waals surface area (Å²) in [7, 11) is 0. The summed E-state index contributed by atoms with van der Waals surface area (Å²) in [6.07, 6.45) is 0.704. The number of carbonyl (C=O) groups is 2. The molecular formula is C16H19N5O2. The van der Waals surface area contributed by atoms with Crippen LogP contribution < -0.4 is 10.6 Å². The van der Waals surface area contributed by atoms with Crippen LogP contribution in [0.15, 0.2) is 18.2 Å². The first-order valence-electron chi connectivity index (χ1n) is 7.61. The minimum Gasteiger partial charge on any atom is -0.326 e. The molecular weight excluding hydrogens is 294 g/mol. The molecule has 1 aliphatic heterocycles. The molecule has 2 amide bonds. The van der Waals surface area contributed by atoms with Gasteiger partial charge in [0.25, 0.3) is 5.91 Å². The molecule has 0 radical (unpaired) electrons. The molecule has 2 N–H and O–H groups in total. The predicted octanol–water partition coefficient (Wildman–Crippen LogP) is 1.98. The first-order chi connectivity index (χ1) is 11.0. The molecule has 0 unspecified atom stereocenters. The molecule has 1 atom stereocenters. The molecule has 0 saturated heterocycles. The van der Waals surface area contributed by atoms with Crippen molar-refractivity contribution in [2.45, 2.75) is 39.7 Å². The van der Waals surface area contributed by atoms with Gasteiger partial charge in [-0.1, -0.05) is 19.1 Å². The maximum Gasteiger partial charge on any atom is 0.252 e. The van der Waals surface area contributed by atoms with Crippen LogP contribution in [0, 0.1) is 13.8 Å². The molecule has 23 heavy (non-hydrogen) atoms. The number of carbonyl (C=O) groups excluding carboxylic acids is 2. The normalized spacial score (nSPS) is 16.1. The van der Waals surface area contributed by atoms with E-state index < -0.39 is 6.04 Å². The van der Waals surface area contributed by atoms with Crippen molar-refractivity contribution in [3.8, 4) is 0 Å². The van der Waals surface area contributed by atoms with Gasteiger partial charge in [-0.05, 0) is 31.0 Å². The van der Waals surface area contributed by atoms with Crippen LogP contribution in [0.3, 0.4) is 0 Å². The Morgan fingerprint density at radius 1 is 1.39 bits per heavy atom. The summed E-state index contributed by atoms with van der Waals surface area (Å²) in [6, 6.07) is 5.21. The Labute approximate surface area is 134 Å². The zero-order valence-electron chi connectivity index (χ0n) is 13.4. The molecule has 7 nitrogen and oxygen atoms in total. The van der Waals surface area contributed by atoms with E-state index in [0.29, 0.717) is 18.2 Å². The lowest BCUT2D eigenvalue weighted by Gasteiger charge is -2.12. The zero-order valence-corrected chi connectivity index (χ0v) is 13.4. The third-order valence-electron chi connectivity index (χ3n) is 3.87. The highest BCUT2D eigenvalue weighted by Crippen LogP contribution is 2.26. The average Bonchev–Trinajstić information content (AvgIpc) is 3.02. The van der Waals surface area contributed by atoms with Crippen LogP contribution in [0.2, 0.25) is 0 Å². The van der Waals surface area contributed by atoms with Gasteiger partial charge < -0.3 is 5.32 Å².